The van der Waals surface area contributed by atoms with E-state index < -0.39 is 10.0 Å². The van der Waals surface area contributed by atoms with Gasteiger partial charge in [0.25, 0.3) is 10.0 Å². The minimum atomic E-state index is -3.79. The van der Waals surface area contributed by atoms with E-state index in [0.29, 0.717) is 19.1 Å². The number of nitrogens with one attached hydrogen (secondary N) is 1. The molecule has 0 aliphatic rings. The summed E-state index contributed by atoms with van der Waals surface area (Å²) in [5.74, 6) is 0.272. The zero-order chi connectivity index (χ0) is 15.6. The fraction of sp³-hybridized carbons (Fsp3) is 0.0769. The molecule has 0 fully saturated rings. The third kappa shape index (κ3) is 3.80. The molecule has 0 aromatic heterocycles. The third-order valence-electron chi connectivity index (χ3n) is 2.61. The molecule has 0 saturated heterocycles. The zero-order valence-corrected chi connectivity index (χ0v) is 16.3. The van der Waals surface area contributed by atoms with Crippen LogP contribution in [0.3, 0.4) is 0 Å². The number of benzene rings is 2. The maximum absolute atomic E-state index is 12.6. The van der Waals surface area contributed by atoms with Gasteiger partial charge in [-0.05, 0) is 62.2 Å². The highest BCUT2D eigenvalue weighted by molar-refractivity contribution is 9.11. The lowest BCUT2D eigenvalue weighted by Gasteiger charge is -2.14. The predicted octanol–water partition coefficient (Wildman–Crippen LogP) is 4.78. The first kappa shape index (κ1) is 16.8. The number of sulfonamides is 1. The summed E-state index contributed by atoms with van der Waals surface area (Å²) < 4.78 is 34.8. The summed E-state index contributed by atoms with van der Waals surface area (Å²) in [7, 11) is -2.36. The van der Waals surface area contributed by atoms with E-state index in [1.165, 1.54) is 13.2 Å². The summed E-state index contributed by atoms with van der Waals surface area (Å²) in [6, 6.07) is 10.1. The molecule has 0 heterocycles. The van der Waals surface area contributed by atoms with Crippen LogP contribution in [0.1, 0.15) is 0 Å². The van der Waals surface area contributed by atoms with E-state index in [0.717, 1.165) is 0 Å². The van der Waals surface area contributed by atoms with Gasteiger partial charge in [-0.15, -0.1) is 0 Å². The van der Waals surface area contributed by atoms with Crippen LogP contribution in [0, 0.1) is 0 Å². The van der Waals surface area contributed by atoms with Gasteiger partial charge >= 0.3 is 0 Å². The van der Waals surface area contributed by atoms with E-state index in [1.54, 1.807) is 30.3 Å². The Morgan fingerprint density at radius 2 is 1.67 bits per heavy atom. The van der Waals surface area contributed by atoms with Crippen LogP contribution in [0.5, 0.6) is 5.75 Å². The smallest absolute Gasteiger partial charge is 0.265 e. The van der Waals surface area contributed by atoms with Crippen LogP contribution < -0.4 is 9.46 Å². The van der Waals surface area contributed by atoms with Crippen LogP contribution in [-0.2, 0) is 10.0 Å². The Bertz CT molecular complexity index is 758. The molecular weight excluding hydrogens is 490 g/mol. The molecule has 2 aromatic carbocycles. The van der Waals surface area contributed by atoms with Gasteiger partial charge in [0.2, 0.25) is 0 Å². The quantitative estimate of drug-likeness (QED) is 0.658. The van der Waals surface area contributed by atoms with E-state index in [9.17, 15) is 8.42 Å². The van der Waals surface area contributed by atoms with Gasteiger partial charge in [-0.1, -0.05) is 22.0 Å². The van der Waals surface area contributed by atoms with Crippen molar-refractivity contribution in [2.75, 3.05) is 11.8 Å². The number of ether oxygens (including phenoxy) is 1. The second-order valence-corrected chi connectivity index (χ2v) is 8.27. The van der Waals surface area contributed by atoms with Crippen molar-refractivity contribution in [3.05, 3.63) is 49.8 Å². The second kappa shape index (κ2) is 6.68. The van der Waals surface area contributed by atoms with Crippen LogP contribution in [0.25, 0.3) is 0 Å². The van der Waals surface area contributed by atoms with Gasteiger partial charge in [0.15, 0.2) is 0 Å². The van der Waals surface area contributed by atoms with Crippen LogP contribution in [0.2, 0.25) is 0 Å². The minimum Gasteiger partial charge on any atom is -0.495 e. The number of hydrogen-bond donors (Lipinski definition) is 1. The molecule has 0 atom stereocenters. The summed E-state index contributed by atoms with van der Waals surface area (Å²) in [6.45, 7) is 0. The molecule has 0 aliphatic heterocycles. The average molecular weight is 500 g/mol. The molecule has 0 bridgehead atoms. The van der Waals surface area contributed by atoms with Crippen LogP contribution in [0.4, 0.5) is 5.69 Å². The van der Waals surface area contributed by atoms with Crippen LogP contribution >= 0.6 is 47.8 Å². The minimum absolute atomic E-state index is 0.0574. The molecule has 0 aliphatic carbocycles. The van der Waals surface area contributed by atoms with Gasteiger partial charge in [-0.25, -0.2) is 8.42 Å². The maximum atomic E-state index is 12.6. The van der Waals surface area contributed by atoms with Crippen molar-refractivity contribution in [3.63, 3.8) is 0 Å². The molecule has 21 heavy (non-hydrogen) atoms. The maximum Gasteiger partial charge on any atom is 0.265 e. The fourth-order valence-electron chi connectivity index (χ4n) is 1.65. The van der Waals surface area contributed by atoms with Crippen LogP contribution in [-0.4, -0.2) is 15.5 Å². The first-order valence-corrected chi connectivity index (χ1v) is 9.52. The lowest BCUT2D eigenvalue weighted by Crippen LogP contribution is -2.15. The van der Waals surface area contributed by atoms with Gasteiger partial charge in [0.1, 0.15) is 10.6 Å². The van der Waals surface area contributed by atoms with Crippen molar-refractivity contribution in [1.82, 2.24) is 0 Å². The Hall–Kier alpha value is -0.570. The zero-order valence-electron chi connectivity index (χ0n) is 10.7. The van der Waals surface area contributed by atoms with E-state index in [-0.39, 0.29) is 10.6 Å². The Morgan fingerprint density at radius 1 is 1.05 bits per heavy atom. The van der Waals surface area contributed by atoms with Crippen LogP contribution in [0.15, 0.2) is 54.7 Å². The third-order valence-corrected chi connectivity index (χ3v) is 5.80. The van der Waals surface area contributed by atoms with Crippen molar-refractivity contribution < 1.29 is 13.2 Å². The van der Waals surface area contributed by atoms with Crippen molar-refractivity contribution in [2.45, 2.75) is 4.90 Å². The topological polar surface area (TPSA) is 55.4 Å². The Balaban J connectivity index is 2.51. The summed E-state index contributed by atoms with van der Waals surface area (Å²) in [4.78, 5) is 0.0574. The molecule has 0 amide bonds. The van der Waals surface area contributed by atoms with Crippen molar-refractivity contribution in [2.24, 2.45) is 0 Å². The lowest BCUT2D eigenvalue weighted by atomic mass is 10.3. The summed E-state index contributed by atoms with van der Waals surface area (Å²) in [5, 5.41) is 0. The fourth-order valence-corrected chi connectivity index (χ4v) is 4.91. The molecule has 0 saturated carbocycles. The molecule has 8 heteroatoms. The second-order valence-electron chi connectivity index (χ2n) is 4.00. The molecular formula is C13H10Br3NO3S. The Labute approximate surface area is 148 Å². The normalized spacial score (nSPS) is 11.2. The standard InChI is InChI=1S/C13H10Br3NO3S/c1-20-11-6-5-8(14)7-12(11)21(18,19)17-13-9(15)3-2-4-10(13)16/h2-7,17H,1H3. The van der Waals surface area contributed by atoms with Gasteiger partial charge < -0.3 is 4.74 Å². The molecule has 1 N–H and O–H groups in total. The van der Waals surface area contributed by atoms with E-state index >= 15 is 0 Å². The first-order chi connectivity index (χ1) is 9.85. The molecule has 0 spiro atoms. The first-order valence-electron chi connectivity index (χ1n) is 5.65. The summed E-state index contributed by atoms with van der Waals surface area (Å²) >= 11 is 9.92. The highest BCUT2D eigenvalue weighted by Gasteiger charge is 2.22. The number of hydrogen-bond acceptors (Lipinski definition) is 3. The molecule has 4 nitrogen and oxygen atoms in total. The molecule has 2 aromatic rings. The lowest BCUT2D eigenvalue weighted by molar-refractivity contribution is 0.403. The predicted molar refractivity (Wildman–Crippen MR) is 93.3 cm³/mol. The molecule has 2 rings (SSSR count). The van der Waals surface area contributed by atoms with E-state index in [4.69, 9.17) is 4.74 Å². The summed E-state index contributed by atoms with van der Waals surface area (Å²) in [5.41, 5.74) is 0.430. The van der Waals surface area contributed by atoms with E-state index in [1.807, 2.05) is 0 Å². The van der Waals surface area contributed by atoms with Crippen molar-refractivity contribution >= 4 is 63.5 Å². The van der Waals surface area contributed by atoms with Crippen molar-refractivity contribution in [3.8, 4) is 5.75 Å². The van der Waals surface area contributed by atoms with Gasteiger partial charge in [0, 0.05) is 13.4 Å². The highest BCUT2D eigenvalue weighted by Crippen LogP contribution is 2.34. The largest absolute Gasteiger partial charge is 0.495 e. The van der Waals surface area contributed by atoms with Gasteiger partial charge in [0.05, 0.1) is 12.8 Å². The van der Waals surface area contributed by atoms with Gasteiger partial charge in [-0.2, -0.15) is 0 Å². The molecule has 0 radical (unpaired) electrons. The summed E-state index contributed by atoms with van der Waals surface area (Å²) in [6.07, 6.45) is 0. The van der Waals surface area contributed by atoms with E-state index in [2.05, 4.69) is 52.5 Å². The van der Waals surface area contributed by atoms with Gasteiger partial charge in [-0.3, -0.25) is 4.72 Å². The average Bonchev–Trinajstić information content (AvgIpc) is 2.43. The number of para-hydroxylation sites is 1. The number of anilines is 1. The highest BCUT2D eigenvalue weighted by atomic mass is 79.9. The SMILES string of the molecule is COc1ccc(Br)cc1S(=O)(=O)Nc1c(Br)cccc1Br. The number of rotatable bonds is 4. The Morgan fingerprint density at radius 3 is 2.24 bits per heavy atom. The number of methoxy groups -OCH3 is 1. The number of halogens is 3. The van der Waals surface area contributed by atoms with Crippen molar-refractivity contribution in [1.29, 1.82) is 0 Å². The Kier molecular flexibility index (Phi) is 5.34. The monoisotopic (exact) mass is 497 g/mol. The molecule has 112 valence electrons. The molecule has 0 unspecified atom stereocenters.